The number of rotatable bonds is 9. The van der Waals surface area contributed by atoms with Crippen LogP contribution in [0.15, 0.2) is 0 Å². The number of nitrogens with one attached hydrogen (secondary N) is 2. The summed E-state index contributed by atoms with van der Waals surface area (Å²) in [6.07, 6.45) is 1.12. The smallest absolute Gasteiger partial charge is 0.323 e. The Bertz CT molecular complexity index is 478. The molecule has 8 nitrogen and oxygen atoms in total. The Labute approximate surface area is 124 Å². The lowest BCUT2D eigenvalue weighted by Crippen LogP contribution is -2.36. The summed E-state index contributed by atoms with van der Waals surface area (Å²) < 4.78 is 5.33. The lowest BCUT2D eigenvalue weighted by molar-refractivity contribution is -0.118. The first-order valence-electron chi connectivity index (χ1n) is 7.05. The number of nitrogens with two attached hydrogens (primary N) is 1. The highest BCUT2D eigenvalue weighted by Gasteiger charge is 2.22. The zero-order chi connectivity index (χ0) is 15.9. The van der Waals surface area contributed by atoms with E-state index in [1.165, 1.54) is 0 Å². The molecule has 0 saturated carbocycles. The largest absolute Gasteiger partial charge is 0.464 e. The van der Waals surface area contributed by atoms with E-state index in [9.17, 15) is 4.79 Å². The van der Waals surface area contributed by atoms with E-state index in [2.05, 4.69) is 25.6 Å². The second-order valence-electron chi connectivity index (χ2n) is 5.28. The quantitative estimate of drug-likeness (QED) is 0.626. The third-order valence-electron chi connectivity index (χ3n) is 2.49. The summed E-state index contributed by atoms with van der Waals surface area (Å²) in [5, 5.41) is 6.17. The summed E-state index contributed by atoms with van der Waals surface area (Å²) in [4.78, 5) is 23.7. The lowest BCUT2D eigenvalue weighted by atomic mass is 10.0. The second-order valence-corrected chi connectivity index (χ2v) is 5.28. The maximum atomic E-state index is 11.1. The first kappa shape index (κ1) is 16.9. The topological polar surface area (TPSA) is 115 Å². The normalized spacial score (nSPS) is 11.0. The van der Waals surface area contributed by atoms with Crippen LogP contribution < -0.4 is 21.1 Å². The standard InChI is InChI=1S/C13H24N6O2/c1-5-7-15-10-16-11(18-12(17-10)21-6-2)19-13(3,4)8-9(14)20/h5-8H2,1-4H3,(H2,14,20)(H2,15,16,17,18,19). The van der Waals surface area contributed by atoms with Crippen molar-refractivity contribution in [2.45, 2.75) is 46.1 Å². The van der Waals surface area contributed by atoms with Gasteiger partial charge in [-0.05, 0) is 27.2 Å². The highest BCUT2D eigenvalue weighted by atomic mass is 16.5. The molecule has 1 aromatic rings. The van der Waals surface area contributed by atoms with Gasteiger partial charge >= 0.3 is 6.01 Å². The number of ether oxygens (including phenoxy) is 1. The molecule has 1 rings (SSSR count). The zero-order valence-electron chi connectivity index (χ0n) is 13.1. The van der Waals surface area contributed by atoms with Gasteiger partial charge in [0.05, 0.1) is 6.61 Å². The molecule has 4 N–H and O–H groups in total. The van der Waals surface area contributed by atoms with Gasteiger partial charge < -0.3 is 21.1 Å². The average molecular weight is 296 g/mol. The summed E-state index contributed by atoms with van der Waals surface area (Å²) in [7, 11) is 0. The van der Waals surface area contributed by atoms with E-state index in [1.807, 2.05) is 27.7 Å². The van der Waals surface area contributed by atoms with Crippen molar-refractivity contribution in [3.05, 3.63) is 0 Å². The molecule has 0 spiro atoms. The fourth-order valence-electron chi connectivity index (χ4n) is 1.70. The molecule has 8 heteroatoms. The van der Waals surface area contributed by atoms with Gasteiger partial charge in [0.25, 0.3) is 0 Å². The monoisotopic (exact) mass is 296 g/mol. The minimum absolute atomic E-state index is 0.167. The van der Waals surface area contributed by atoms with Crippen LogP contribution in [0.3, 0.4) is 0 Å². The third-order valence-corrected chi connectivity index (χ3v) is 2.49. The third kappa shape index (κ3) is 6.24. The average Bonchev–Trinajstić information content (AvgIpc) is 2.34. The maximum absolute atomic E-state index is 11.1. The number of anilines is 2. The summed E-state index contributed by atoms with van der Waals surface area (Å²) >= 11 is 0. The molecule has 1 aromatic heterocycles. The first-order chi connectivity index (χ1) is 9.86. The SMILES string of the molecule is CCCNc1nc(NC(C)(C)CC(N)=O)nc(OCC)n1. The lowest BCUT2D eigenvalue weighted by Gasteiger charge is -2.24. The highest BCUT2D eigenvalue weighted by Crippen LogP contribution is 2.18. The van der Waals surface area contributed by atoms with E-state index >= 15 is 0 Å². The van der Waals surface area contributed by atoms with Gasteiger partial charge in [0, 0.05) is 18.5 Å². The Morgan fingerprint density at radius 3 is 2.48 bits per heavy atom. The zero-order valence-corrected chi connectivity index (χ0v) is 13.1. The molecule has 1 heterocycles. The number of nitrogens with zero attached hydrogens (tertiary/aromatic N) is 3. The Kier molecular flexibility index (Phi) is 6.13. The summed E-state index contributed by atoms with van der Waals surface area (Å²) in [6.45, 7) is 8.81. The molecule has 0 saturated heterocycles. The predicted octanol–water partition coefficient (Wildman–Crippen LogP) is 1.16. The van der Waals surface area contributed by atoms with Crippen LogP contribution >= 0.6 is 0 Å². The fraction of sp³-hybridized carbons (Fsp3) is 0.692. The molecule has 0 aromatic carbocycles. The molecule has 0 radical (unpaired) electrons. The Morgan fingerprint density at radius 2 is 1.90 bits per heavy atom. The number of hydrogen-bond donors (Lipinski definition) is 3. The van der Waals surface area contributed by atoms with Crippen LogP contribution in [0.5, 0.6) is 6.01 Å². The molecule has 0 fully saturated rings. The molecule has 118 valence electrons. The number of carbonyl (C=O) groups is 1. The van der Waals surface area contributed by atoms with Crippen LogP contribution in [0, 0.1) is 0 Å². The van der Waals surface area contributed by atoms with Crippen molar-refractivity contribution in [2.75, 3.05) is 23.8 Å². The molecule has 0 unspecified atom stereocenters. The van der Waals surface area contributed by atoms with Crippen LogP contribution in [0.1, 0.15) is 40.5 Å². The molecular weight excluding hydrogens is 272 g/mol. The Morgan fingerprint density at radius 1 is 1.24 bits per heavy atom. The van der Waals surface area contributed by atoms with E-state index < -0.39 is 11.4 Å². The van der Waals surface area contributed by atoms with Crippen LogP contribution in [-0.2, 0) is 4.79 Å². The second kappa shape index (κ2) is 7.61. The minimum Gasteiger partial charge on any atom is -0.464 e. The molecule has 1 amide bonds. The van der Waals surface area contributed by atoms with Gasteiger partial charge in [-0.15, -0.1) is 0 Å². The summed E-state index contributed by atoms with van der Waals surface area (Å²) in [5.41, 5.74) is 4.68. The van der Waals surface area contributed by atoms with E-state index in [0.29, 0.717) is 18.5 Å². The van der Waals surface area contributed by atoms with Gasteiger partial charge in [0.1, 0.15) is 0 Å². The molecule has 21 heavy (non-hydrogen) atoms. The van der Waals surface area contributed by atoms with E-state index in [0.717, 1.165) is 13.0 Å². The number of primary amides is 1. The van der Waals surface area contributed by atoms with Crippen LogP contribution in [0.2, 0.25) is 0 Å². The number of amides is 1. The van der Waals surface area contributed by atoms with Gasteiger partial charge in [-0.1, -0.05) is 6.92 Å². The minimum atomic E-state index is -0.557. The first-order valence-corrected chi connectivity index (χ1v) is 7.05. The van der Waals surface area contributed by atoms with Gasteiger partial charge in [-0.3, -0.25) is 4.79 Å². The maximum Gasteiger partial charge on any atom is 0.323 e. The molecule has 0 aliphatic rings. The molecule has 0 bridgehead atoms. The van der Waals surface area contributed by atoms with Crippen molar-refractivity contribution < 1.29 is 9.53 Å². The predicted molar refractivity (Wildman–Crippen MR) is 81.3 cm³/mol. The van der Waals surface area contributed by atoms with Crippen molar-refractivity contribution in [2.24, 2.45) is 5.73 Å². The Balaban J connectivity index is 2.93. The number of hydrogen-bond acceptors (Lipinski definition) is 7. The number of carbonyl (C=O) groups excluding carboxylic acids is 1. The fourth-order valence-corrected chi connectivity index (χ4v) is 1.70. The molecule has 0 atom stereocenters. The molecule has 0 aliphatic heterocycles. The van der Waals surface area contributed by atoms with Gasteiger partial charge in [0.15, 0.2) is 0 Å². The summed E-state index contributed by atoms with van der Waals surface area (Å²) in [5.74, 6) is 0.391. The van der Waals surface area contributed by atoms with E-state index in [1.54, 1.807) is 0 Å². The molecular formula is C13H24N6O2. The van der Waals surface area contributed by atoms with E-state index in [-0.39, 0.29) is 12.4 Å². The highest BCUT2D eigenvalue weighted by molar-refractivity contribution is 5.75. The van der Waals surface area contributed by atoms with Gasteiger partial charge in [0.2, 0.25) is 17.8 Å². The van der Waals surface area contributed by atoms with Crippen molar-refractivity contribution in [3.63, 3.8) is 0 Å². The summed E-state index contributed by atoms with van der Waals surface area (Å²) in [6, 6.07) is 0.239. The molecule has 0 aliphatic carbocycles. The Hall–Kier alpha value is -2.12. The van der Waals surface area contributed by atoms with Crippen LogP contribution in [-0.4, -0.2) is 39.5 Å². The van der Waals surface area contributed by atoms with Gasteiger partial charge in [-0.2, -0.15) is 15.0 Å². The van der Waals surface area contributed by atoms with Crippen LogP contribution in [0.25, 0.3) is 0 Å². The van der Waals surface area contributed by atoms with Gasteiger partial charge in [-0.25, -0.2) is 0 Å². The van der Waals surface area contributed by atoms with Crippen molar-refractivity contribution in [1.29, 1.82) is 0 Å². The van der Waals surface area contributed by atoms with Crippen molar-refractivity contribution in [1.82, 2.24) is 15.0 Å². The van der Waals surface area contributed by atoms with Crippen molar-refractivity contribution in [3.8, 4) is 6.01 Å². The van der Waals surface area contributed by atoms with Crippen LogP contribution in [0.4, 0.5) is 11.9 Å². The van der Waals surface area contributed by atoms with E-state index in [4.69, 9.17) is 10.5 Å². The number of aromatic nitrogens is 3. The van der Waals surface area contributed by atoms with Crippen molar-refractivity contribution >= 4 is 17.8 Å².